The first-order valence-corrected chi connectivity index (χ1v) is 12.0. The Labute approximate surface area is 211 Å². The van der Waals surface area contributed by atoms with E-state index in [0.717, 1.165) is 5.56 Å². The number of carbonyl (C=O) groups is 2. The van der Waals surface area contributed by atoms with E-state index in [4.69, 9.17) is 14.2 Å². The van der Waals surface area contributed by atoms with Crippen molar-refractivity contribution in [1.82, 2.24) is 4.90 Å². The number of amides is 2. The number of nitrogens with zero attached hydrogens (tertiary/aromatic N) is 2. The molecule has 10 heteroatoms. The number of nitrogens with one attached hydrogen (secondary N) is 1. The zero-order chi connectivity index (χ0) is 25.1. The van der Waals surface area contributed by atoms with Gasteiger partial charge in [0.05, 0.1) is 25.0 Å². The molecule has 2 aliphatic rings. The molecule has 0 aliphatic carbocycles. The molecule has 0 aromatic heterocycles. The number of para-hydroxylation sites is 2. The molecule has 1 atom stereocenters. The van der Waals surface area contributed by atoms with Crippen molar-refractivity contribution in [2.24, 2.45) is 4.99 Å². The number of fused-ring (bicyclic) bond motifs is 1. The maximum atomic E-state index is 13.4. The fourth-order valence-corrected chi connectivity index (χ4v) is 4.90. The molecular weight excluding hydrogens is 485 g/mol. The summed E-state index contributed by atoms with van der Waals surface area (Å²) in [5.41, 5.74) is 1.79. The first kappa shape index (κ1) is 23.7. The lowest BCUT2D eigenvalue weighted by Gasteiger charge is -2.32. The van der Waals surface area contributed by atoms with Crippen LogP contribution in [0.2, 0.25) is 0 Å². The Balaban J connectivity index is 1.41. The minimum absolute atomic E-state index is 0.0152. The van der Waals surface area contributed by atoms with Crippen LogP contribution in [0.4, 0.5) is 15.8 Å². The van der Waals surface area contributed by atoms with Crippen molar-refractivity contribution >= 4 is 40.1 Å². The predicted octanol–water partition coefficient (Wildman–Crippen LogP) is 4.72. The van der Waals surface area contributed by atoms with E-state index in [9.17, 15) is 14.0 Å². The van der Waals surface area contributed by atoms with Gasteiger partial charge in [-0.2, -0.15) is 0 Å². The highest BCUT2D eigenvalue weighted by atomic mass is 32.2. The van der Waals surface area contributed by atoms with Crippen LogP contribution in [0.15, 0.2) is 71.7 Å². The number of anilines is 1. The minimum Gasteiger partial charge on any atom is -0.495 e. The summed E-state index contributed by atoms with van der Waals surface area (Å²) >= 11 is 1.18. The highest BCUT2D eigenvalue weighted by Crippen LogP contribution is 2.35. The number of ether oxygens (including phenoxy) is 3. The number of hydrogen-bond acceptors (Lipinski definition) is 7. The van der Waals surface area contributed by atoms with Crippen LogP contribution in [0.1, 0.15) is 12.0 Å². The SMILES string of the molecule is COc1ccccc1NC(=O)[C@H]1CC(=O)N(Cc2ccc3c(c2)OCO3)C(=Nc2ccc(F)cc2)S1. The molecule has 3 aromatic carbocycles. The highest BCUT2D eigenvalue weighted by molar-refractivity contribution is 8.15. The van der Waals surface area contributed by atoms with E-state index in [1.165, 1.54) is 48.0 Å². The third-order valence-corrected chi connectivity index (χ3v) is 6.81. The Hall–Kier alpha value is -4.05. The Morgan fingerprint density at radius 2 is 1.92 bits per heavy atom. The van der Waals surface area contributed by atoms with Gasteiger partial charge < -0.3 is 19.5 Å². The van der Waals surface area contributed by atoms with Crippen molar-refractivity contribution in [3.8, 4) is 17.2 Å². The smallest absolute Gasteiger partial charge is 0.238 e. The molecule has 0 unspecified atom stereocenters. The van der Waals surface area contributed by atoms with Crippen LogP contribution >= 0.6 is 11.8 Å². The predicted molar refractivity (Wildman–Crippen MR) is 134 cm³/mol. The molecule has 0 saturated carbocycles. The monoisotopic (exact) mass is 507 g/mol. The summed E-state index contributed by atoms with van der Waals surface area (Å²) in [5.74, 6) is 0.780. The van der Waals surface area contributed by atoms with Crippen LogP contribution < -0.4 is 19.5 Å². The number of hydrogen-bond donors (Lipinski definition) is 1. The topological polar surface area (TPSA) is 89.5 Å². The molecule has 36 heavy (non-hydrogen) atoms. The van der Waals surface area contributed by atoms with Gasteiger partial charge in [-0.3, -0.25) is 14.5 Å². The molecule has 0 bridgehead atoms. The lowest BCUT2D eigenvalue weighted by atomic mass is 10.1. The molecule has 5 rings (SSSR count). The third kappa shape index (κ3) is 5.13. The second-order valence-electron chi connectivity index (χ2n) is 8.04. The van der Waals surface area contributed by atoms with Crippen molar-refractivity contribution in [1.29, 1.82) is 0 Å². The van der Waals surface area contributed by atoms with E-state index >= 15 is 0 Å². The molecule has 2 heterocycles. The van der Waals surface area contributed by atoms with Crippen LogP contribution in [0.5, 0.6) is 17.2 Å². The van der Waals surface area contributed by atoms with Gasteiger partial charge >= 0.3 is 0 Å². The van der Waals surface area contributed by atoms with Gasteiger partial charge in [-0.25, -0.2) is 9.38 Å². The molecule has 1 N–H and O–H groups in total. The van der Waals surface area contributed by atoms with Crippen molar-refractivity contribution in [2.45, 2.75) is 18.2 Å². The lowest BCUT2D eigenvalue weighted by Crippen LogP contribution is -2.44. The summed E-state index contributed by atoms with van der Waals surface area (Å²) in [6, 6.07) is 18.1. The number of aliphatic imine (C=N–C) groups is 1. The Bertz CT molecular complexity index is 1330. The second-order valence-corrected chi connectivity index (χ2v) is 9.21. The summed E-state index contributed by atoms with van der Waals surface area (Å²) in [6.07, 6.45) is -0.0152. The van der Waals surface area contributed by atoms with Crippen LogP contribution in [0.25, 0.3) is 0 Å². The van der Waals surface area contributed by atoms with Crippen LogP contribution in [0, 0.1) is 5.82 Å². The molecule has 1 saturated heterocycles. The number of methoxy groups -OCH3 is 1. The molecule has 2 aliphatic heterocycles. The Kier molecular flexibility index (Phi) is 6.77. The normalized spacial score (nSPS) is 17.8. The zero-order valence-corrected chi connectivity index (χ0v) is 20.1. The number of rotatable bonds is 6. The van der Waals surface area contributed by atoms with Gasteiger partial charge in [0.25, 0.3) is 0 Å². The van der Waals surface area contributed by atoms with Crippen LogP contribution in [0.3, 0.4) is 0 Å². The van der Waals surface area contributed by atoms with Crippen molar-refractivity contribution in [3.63, 3.8) is 0 Å². The van der Waals surface area contributed by atoms with Gasteiger partial charge in [-0.15, -0.1) is 0 Å². The van der Waals surface area contributed by atoms with Crippen molar-refractivity contribution < 1.29 is 28.2 Å². The zero-order valence-electron chi connectivity index (χ0n) is 19.3. The molecule has 0 spiro atoms. The number of halogens is 1. The van der Waals surface area contributed by atoms with E-state index in [1.54, 1.807) is 30.3 Å². The first-order chi connectivity index (χ1) is 17.5. The number of thioether (sulfide) groups is 1. The fraction of sp³-hybridized carbons (Fsp3) is 0.192. The van der Waals surface area contributed by atoms with Gasteiger partial charge in [-0.05, 0) is 54.1 Å². The van der Waals surface area contributed by atoms with E-state index in [0.29, 0.717) is 33.8 Å². The van der Waals surface area contributed by atoms with Gasteiger partial charge in [0.15, 0.2) is 16.7 Å². The van der Waals surface area contributed by atoms with Crippen LogP contribution in [-0.4, -0.2) is 41.0 Å². The highest BCUT2D eigenvalue weighted by Gasteiger charge is 2.36. The summed E-state index contributed by atoms with van der Waals surface area (Å²) < 4.78 is 29.6. The molecule has 8 nitrogen and oxygen atoms in total. The summed E-state index contributed by atoms with van der Waals surface area (Å²) in [5, 5.41) is 2.48. The number of benzene rings is 3. The third-order valence-electron chi connectivity index (χ3n) is 5.63. The molecular formula is C26H22FN3O5S. The van der Waals surface area contributed by atoms with E-state index in [2.05, 4.69) is 10.3 Å². The maximum absolute atomic E-state index is 13.4. The Morgan fingerprint density at radius 1 is 1.14 bits per heavy atom. The van der Waals surface area contributed by atoms with Crippen molar-refractivity contribution in [3.05, 3.63) is 78.1 Å². The molecule has 3 aromatic rings. The first-order valence-electron chi connectivity index (χ1n) is 11.1. The maximum Gasteiger partial charge on any atom is 0.238 e. The molecule has 2 amide bonds. The minimum atomic E-state index is -0.713. The van der Waals surface area contributed by atoms with E-state index < -0.39 is 11.1 Å². The van der Waals surface area contributed by atoms with E-state index in [-0.39, 0.29) is 31.6 Å². The summed E-state index contributed by atoms with van der Waals surface area (Å²) in [7, 11) is 1.52. The summed E-state index contributed by atoms with van der Waals surface area (Å²) in [4.78, 5) is 32.5. The quantitative estimate of drug-likeness (QED) is 0.519. The van der Waals surface area contributed by atoms with Gasteiger partial charge in [0, 0.05) is 6.42 Å². The van der Waals surface area contributed by atoms with Crippen LogP contribution in [-0.2, 0) is 16.1 Å². The Morgan fingerprint density at radius 3 is 2.72 bits per heavy atom. The number of amidine groups is 1. The van der Waals surface area contributed by atoms with E-state index in [1.807, 2.05) is 12.1 Å². The van der Waals surface area contributed by atoms with Gasteiger partial charge in [-0.1, -0.05) is 30.0 Å². The molecule has 0 radical (unpaired) electrons. The van der Waals surface area contributed by atoms with Gasteiger partial charge in [0.2, 0.25) is 18.6 Å². The lowest BCUT2D eigenvalue weighted by molar-refractivity contribution is -0.129. The number of carbonyl (C=O) groups excluding carboxylic acids is 2. The summed E-state index contributed by atoms with van der Waals surface area (Å²) in [6.45, 7) is 0.376. The average molecular weight is 508 g/mol. The standard InChI is InChI=1S/C26H22FN3O5S/c1-33-20-5-3-2-4-19(20)29-25(32)23-13-24(31)30(14-16-6-11-21-22(12-16)35-15-34-21)26(36-23)28-18-9-7-17(27)8-10-18/h2-12,23H,13-15H2,1H3,(H,29,32)/t23-/m1/s1. The molecule has 184 valence electrons. The largest absolute Gasteiger partial charge is 0.495 e. The van der Waals surface area contributed by atoms with Gasteiger partial charge in [0.1, 0.15) is 16.8 Å². The molecule has 1 fully saturated rings. The second kappa shape index (κ2) is 10.3. The fourth-order valence-electron chi connectivity index (χ4n) is 3.81. The average Bonchev–Trinajstić information content (AvgIpc) is 3.35. The van der Waals surface area contributed by atoms with Crippen molar-refractivity contribution in [2.75, 3.05) is 19.2 Å².